The Bertz CT molecular complexity index is 2800. The minimum atomic E-state index is -1.87. The summed E-state index contributed by atoms with van der Waals surface area (Å²) in [6, 6.07) is 13.0. The van der Waals surface area contributed by atoms with Crippen LogP contribution in [0.3, 0.4) is 0 Å². The summed E-state index contributed by atoms with van der Waals surface area (Å²) < 4.78 is 25.9. The number of phenolic OH excluding ortho intramolecular Hbond substituents is 2. The van der Waals surface area contributed by atoms with Gasteiger partial charge in [0.2, 0.25) is 34.7 Å². The monoisotopic (exact) mass is 1130 g/mol. The number of carbonyl (C=O) groups is 8. The molecule has 9 N–H and O–H groups in total. The number of aromatic nitrogens is 5. The van der Waals surface area contributed by atoms with Crippen LogP contribution in [0.25, 0.3) is 0 Å². The molecule has 0 saturated carbocycles. The lowest BCUT2D eigenvalue weighted by atomic mass is 9.73. The Balaban J connectivity index is 1.10. The molecule has 430 valence electrons. The second-order valence-corrected chi connectivity index (χ2v) is 20.1. The predicted octanol–water partition coefficient (Wildman–Crippen LogP) is 4.12. The summed E-state index contributed by atoms with van der Waals surface area (Å²) in [6.45, 7) is 4.73. The first-order valence-corrected chi connectivity index (χ1v) is 26.7. The van der Waals surface area contributed by atoms with Gasteiger partial charge in [-0.2, -0.15) is 0 Å². The van der Waals surface area contributed by atoms with E-state index in [9.17, 15) is 63.2 Å². The third-order valence-corrected chi connectivity index (χ3v) is 13.4. The molecule has 3 aromatic carbocycles. The van der Waals surface area contributed by atoms with E-state index in [-0.39, 0.29) is 88.3 Å². The number of Topliss-reactive ketones (excluding diaryl/α,β-unsaturated/α-hetero) is 1. The molecule has 0 saturated heterocycles. The number of aromatic hydroxyl groups is 2. The number of halogens is 1. The summed E-state index contributed by atoms with van der Waals surface area (Å²) in [5.41, 5.74) is 1.63. The van der Waals surface area contributed by atoms with E-state index in [1.165, 1.54) is 59.9 Å². The highest BCUT2D eigenvalue weighted by Gasteiger charge is 2.33. The quantitative estimate of drug-likeness (QED) is 0.0201. The van der Waals surface area contributed by atoms with E-state index in [0.717, 1.165) is 5.01 Å². The van der Waals surface area contributed by atoms with Crippen LogP contribution in [0.15, 0.2) is 79.0 Å². The van der Waals surface area contributed by atoms with E-state index < -0.39 is 77.8 Å². The zero-order valence-corrected chi connectivity index (χ0v) is 45.2. The number of carboxylic acid groups (broad SMARTS) is 2. The summed E-state index contributed by atoms with van der Waals surface area (Å²) in [4.78, 5) is 103. The van der Waals surface area contributed by atoms with Gasteiger partial charge in [-0.25, -0.2) is 14.0 Å². The van der Waals surface area contributed by atoms with Crippen molar-refractivity contribution in [3.05, 3.63) is 112 Å². The maximum atomic E-state index is 13.5. The standard InChI is InChI=1S/C54H67FN10O14S/c1-34-61-63-53(80-34)60-46(69)10-5-7-39-33-65(64-62-39)26-4-3-8-42(50(73)56-25-28-79-30-29-78-27-6-9-45(68)35-11-17-38(55)18-12-35)57-48(71)32-44(52(76)77)59-49(72)31-43(51(74)75)58-47(70)23-24-54(2,36-13-19-40(66)20-14-36)37-15-21-41(67)22-16-37/h11-22,33,42-44,66-67H,3-10,23-32H2,1-2H3,(H,56,73)(H,57,71)(H,58,70)(H,59,72)(H,74,75)(H,76,77)(H,60,63,69)/t42-,43-,44-/m0/s1/i55-1. The fourth-order valence-electron chi connectivity index (χ4n) is 8.24. The van der Waals surface area contributed by atoms with Crippen LogP contribution in [0.4, 0.5) is 9.52 Å². The molecule has 0 bridgehead atoms. The number of aliphatic carboxylic acids is 2. The maximum Gasteiger partial charge on any atom is 0.326 e. The molecule has 5 rings (SSSR count). The van der Waals surface area contributed by atoms with Crippen molar-refractivity contribution in [2.75, 3.05) is 38.3 Å². The first kappa shape index (κ1) is 62.6. The molecule has 0 aliphatic carbocycles. The van der Waals surface area contributed by atoms with Gasteiger partial charge < -0.3 is 56.5 Å². The molecule has 5 amide bonds. The van der Waals surface area contributed by atoms with E-state index >= 15 is 0 Å². The van der Waals surface area contributed by atoms with Crippen LogP contribution < -0.4 is 26.6 Å². The SMILES string of the molecule is Cc1nnc(NC(=O)CCCc2cn(CCCC[C@H](NC(=O)C[C@H](NC(=O)C[C@H](NC(=O)CCC(C)(c3ccc(O)cc3)c3ccc(O)cc3)C(=O)O)C(=O)O)C(=O)NCCOCCOCCCC(=O)c3ccc([18F])cc3)nn2)s1. The lowest BCUT2D eigenvalue weighted by molar-refractivity contribution is -0.145. The average Bonchev–Trinajstić information content (AvgIpc) is 4.12. The zero-order chi connectivity index (χ0) is 58.0. The predicted molar refractivity (Wildman–Crippen MR) is 287 cm³/mol. The molecule has 0 aliphatic heterocycles. The van der Waals surface area contributed by atoms with Crippen LogP contribution in [-0.2, 0) is 61.4 Å². The van der Waals surface area contributed by atoms with Gasteiger partial charge in [-0.3, -0.25) is 33.4 Å². The third kappa shape index (κ3) is 21.5. The zero-order valence-electron chi connectivity index (χ0n) is 44.4. The second-order valence-electron chi connectivity index (χ2n) is 18.9. The van der Waals surface area contributed by atoms with Gasteiger partial charge in [-0.05, 0) is 112 Å². The summed E-state index contributed by atoms with van der Waals surface area (Å²) >= 11 is 1.27. The van der Waals surface area contributed by atoms with Crippen molar-refractivity contribution in [1.82, 2.24) is 46.5 Å². The number of carboxylic acids is 2. The normalized spacial score (nSPS) is 12.4. The maximum absolute atomic E-state index is 13.5. The first-order chi connectivity index (χ1) is 38.3. The van der Waals surface area contributed by atoms with Crippen molar-refractivity contribution < 1.29 is 72.6 Å². The molecule has 0 spiro atoms. The van der Waals surface area contributed by atoms with Crippen molar-refractivity contribution in [3.8, 4) is 11.5 Å². The second kappa shape index (κ2) is 32.0. The van der Waals surface area contributed by atoms with Crippen LogP contribution in [-0.4, -0.2) is 144 Å². The molecule has 26 heteroatoms. The molecule has 0 aliphatic rings. The van der Waals surface area contributed by atoms with Gasteiger partial charge >= 0.3 is 11.9 Å². The fourth-order valence-corrected chi connectivity index (χ4v) is 8.85. The molecule has 2 aromatic heterocycles. The average molecular weight is 1130 g/mol. The fraction of sp³-hybridized carbons (Fsp3) is 0.444. The van der Waals surface area contributed by atoms with Crippen LogP contribution in [0.2, 0.25) is 0 Å². The van der Waals surface area contributed by atoms with E-state index in [0.29, 0.717) is 66.2 Å². The number of aryl methyl sites for hydroxylation is 3. The van der Waals surface area contributed by atoms with Crippen LogP contribution >= 0.6 is 11.3 Å². The largest absolute Gasteiger partial charge is 0.508 e. The van der Waals surface area contributed by atoms with Crippen molar-refractivity contribution in [2.24, 2.45) is 0 Å². The topological polar surface area (TPSA) is 353 Å². The smallest absolute Gasteiger partial charge is 0.326 e. The van der Waals surface area contributed by atoms with Gasteiger partial charge in [0.25, 0.3) is 0 Å². The molecule has 3 atom stereocenters. The first-order valence-electron chi connectivity index (χ1n) is 25.9. The molecular weight excluding hydrogens is 1060 g/mol. The number of unbranched alkanes of at least 4 members (excludes halogenated alkanes) is 1. The van der Waals surface area contributed by atoms with Gasteiger partial charge in [0.15, 0.2) is 5.78 Å². The van der Waals surface area contributed by atoms with Gasteiger partial charge in [0, 0.05) is 56.1 Å². The number of nitrogens with zero attached hydrogens (tertiary/aromatic N) is 5. The van der Waals surface area contributed by atoms with E-state index in [4.69, 9.17) is 9.47 Å². The summed E-state index contributed by atoms with van der Waals surface area (Å²) in [6.07, 6.45) is 2.69. The van der Waals surface area contributed by atoms with E-state index in [1.807, 2.05) is 6.92 Å². The molecule has 24 nitrogen and oxygen atoms in total. The van der Waals surface area contributed by atoms with Crippen molar-refractivity contribution in [2.45, 2.75) is 121 Å². The highest BCUT2D eigenvalue weighted by Crippen LogP contribution is 2.38. The Hall–Kier alpha value is -8.23. The molecule has 80 heavy (non-hydrogen) atoms. The van der Waals surface area contributed by atoms with Crippen LogP contribution in [0.5, 0.6) is 11.5 Å². The number of amides is 5. The highest BCUT2D eigenvalue weighted by atomic mass is 32.1. The molecule has 2 heterocycles. The number of nitrogens with one attached hydrogen (secondary N) is 5. The Labute approximate surface area is 464 Å². The number of ether oxygens (including phenoxy) is 2. The Kier molecular flexibility index (Phi) is 25.0. The number of benzene rings is 3. The molecule has 0 unspecified atom stereocenters. The number of anilines is 1. The van der Waals surface area contributed by atoms with E-state index in [2.05, 4.69) is 47.1 Å². The number of carbonyl (C=O) groups excluding carboxylic acids is 6. The van der Waals surface area contributed by atoms with Crippen molar-refractivity contribution in [1.29, 1.82) is 0 Å². The minimum absolute atomic E-state index is 0.0151. The number of hydrogen-bond acceptors (Lipinski definition) is 17. The lowest BCUT2D eigenvalue weighted by Crippen LogP contribution is -2.51. The van der Waals surface area contributed by atoms with Gasteiger partial charge in [0.05, 0.1) is 38.4 Å². The summed E-state index contributed by atoms with van der Waals surface area (Å²) in [5, 5.41) is 69.4. The Morgan fingerprint density at radius 3 is 1.84 bits per heavy atom. The van der Waals surface area contributed by atoms with Crippen LogP contribution in [0.1, 0.15) is 110 Å². The lowest BCUT2D eigenvalue weighted by Gasteiger charge is -2.31. The van der Waals surface area contributed by atoms with Crippen molar-refractivity contribution >= 4 is 63.7 Å². The highest BCUT2D eigenvalue weighted by molar-refractivity contribution is 7.15. The third-order valence-electron chi connectivity index (χ3n) is 12.7. The number of rotatable bonds is 36. The molecule has 5 aromatic rings. The van der Waals surface area contributed by atoms with Gasteiger partial charge in [-0.1, -0.05) is 47.7 Å². The number of phenols is 2. The van der Waals surface area contributed by atoms with Gasteiger partial charge in [0.1, 0.15) is 40.4 Å². The Morgan fingerprint density at radius 2 is 1.25 bits per heavy atom. The van der Waals surface area contributed by atoms with Gasteiger partial charge in [-0.15, -0.1) is 15.3 Å². The molecule has 0 fully saturated rings. The van der Waals surface area contributed by atoms with Crippen LogP contribution in [0, 0.1) is 12.7 Å². The Morgan fingerprint density at radius 1 is 0.662 bits per heavy atom. The summed E-state index contributed by atoms with van der Waals surface area (Å²) in [7, 11) is 0. The van der Waals surface area contributed by atoms with Crippen molar-refractivity contribution in [3.63, 3.8) is 0 Å². The summed E-state index contributed by atoms with van der Waals surface area (Å²) in [5.74, 6) is -7.34. The molecular formula is C54H67FN10O14S. The number of ketones is 1. The van der Waals surface area contributed by atoms with E-state index in [1.54, 1.807) is 42.1 Å². The number of hydrogen-bond donors (Lipinski definition) is 9. The minimum Gasteiger partial charge on any atom is -0.508 e. The molecule has 0 radical (unpaired) electrons.